The molecule has 4 amide bonds. The summed E-state index contributed by atoms with van der Waals surface area (Å²) >= 11 is 0. The summed E-state index contributed by atoms with van der Waals surface area (Å²) in [5, 5.41) is 5.38. The predicted molar refractivity (Wildman–Crippen MR) is 77.3 cm³/mol. The third-order valence-corrected chi connectivity index (χ3v) is 3.19. The van der Waals surface area contributed by atoms with Crippen LogP contribution >= 0.6 is 0 Å². The molecule has 23 heavy (non-hydrogen) atoms. The highest BCUT2D eigenvalue weighted by molar-refractivity contribution is 6.02. The molecule has 9 heteroatoms. The van der Waals surface area contributed by atoms with E-state index in [0.717, 1.165) is 0 Å². The molecule has 1 rings (SSSR count). The van der Waals surface area contributed by atoms with Crippen LogP contribution < -0.4 is 10.6 Å². The highest BCUT2D eigenvalue weighted by Gasteiger charge is 2.37. The van der Waals surface area contributed by atoms with Crippen LogP contribution in [0.5, 0.6) is 0 Å². The summed E-state index contributed by atoms with van der Waals surface area (Å²) in [6.45, 7) is 4.34. The van der Waals surface area contributed by atoms with Gasteiger partial charge in [-0.2, -0.15) is 0 Å². The Hall–Kier alpha value is -2.45. The molecule has 1 fully saturated rings. The van der Waals surface area contributed by atoms with E-state index in [-0.39, 0.29) is 18.7 Å². The molecule has 1 heterocycles. The fourth-order valence-corrected chi connectivity index (χ4v) is 2.24. The van der Waals surface area contributed by atoms with Crippen LogP contribution in [0.15, 0.2) is 0 Å². The van der Waals surface area contributed by atoms with Crippen molar-refractivity contribution in [3.05, 3.63) is 0 Å². The van der Waals surface area contributed by atoms with Gasteiger partial charge in [-0.05, 0) is 6.42 Å². The molecular weight excluding hydrogens is 306 g/mol. The van der Waals surface area contributed by atoms with Gasteiger partial charge in [0.2, 0.25) is 11.8 Å². The van der Waals surface area contributed by atoms with Crippen LogP contribution in [0.4, 0.5) is 0 Å². The van der Waals surface area contributed by atoms with Crippen molar-refractivity contribution >= 4 is 29.6 Å². The van der Waals surface area contributed by atoms with Gasteiger partial charge in [0.1, 0.15) is 6.04 Å². The van der Waals surface area contributed by atoms with Crippen LogP contribution in [0.2, 0.25) is 0 Å². The molecule has 0 aliphatic carbocycles. The third-order valence-electron chi connectivity index (χ3n) is 3.19. The van der Waals surface area contributed by atoms with Crippen LogP contribution in [-0.2, 0) is 28.8 Å². The molecule has 2 unspecified atom stereocenters. The van der Waals surface area contributed by atoms with E-state index in [2.05, 4.69) is 10.6 Å². The molecule has 0 saturated carbocycles. The molecule has 0 aromatic rings. The van der Waals surface area contributed by atoms with Gasteiger partial charge >= 0.3 is 5.97 Å². The second-order valence-electron chi connectivity index (χ2n) is 5.27. The first-order valence-corrected chi connectivity index (χ1v) is 7.38. The Labute approximate surface area is 133 Å². The van der Waals surface area contributed by atoms with Gasteiger partial charge in [-0.3, -0.25) is 19.2 Å². The smallest absolute Gasteiger partial charge is 0.351 e. The van der Waals surface area contributed by atoms with Crippen molar-refractivity contribution in [2.45, 2.75) is 58.5 Å². The zero-order valence-corrected chi connectivity index (χ0v) is 13.4. The van der Waals surface area contributed by atoms with Gasteiger partial charge < -0.3 is 15.5 Å². The number of nitrogens with one attached hydrogen (secondary N) is 2. The number of hydroxylamine groups is 2. The van der Waals surface area contributed by atoms with Crippen LogP contribution in [0, 0.1) is 0 Å². The molecule has 0 radical (unpaired) electrons. The topological polar surface area (TPSA) is 122 Å². The van der Waals surface area contributed by atoms with Gasteiger partial charge in [0.25, 0.3) is 11.8 Å². The van der Waals surface area contributed by atoms with E-state index < -0.39 is 35.8 Å². The standard InChI is InChI=1S/C14H21N3O6/c1-4-5-10(15-8(2)18)13(16-9(3)19)14(22)23-17-11(20)6-7-12(17)21/h10,13H,4-7H2,1-3H3,(H,15,18)(H,16,19). The van der Waals surface area contributed by atoms with Gasteiger partial charge in [0, 0.05) is 26.7 Å². The number of imide groups is 1. The Morgan fingerprint density at radius 2 is 1.61 bits per heavy atom. The second-order valence-corrected chi connectivity index (χ2v) is 5.27. The van der Waals surface area contributed by atoms with Gasteiger partial charge in [-0.25, -0.2) is 4.79 Å². The lowest BCUT2D eigenvalue weighted by Gasteiger charge is -2.27. The van der Waals surface area contributed by atoms with Gasteiger partial charge in [0.05, 0.1) is 6.04 Å². The molecule has 128 valence electrons. The molecule has 0 aromatic heterocycles. The monoisotopic (exact) mass is 327 g/mol. The number of carbonyl (C=O) groups excluding carboxylic acids is 5. The van der Waals surface area contributed by atoms with Crippen LogP contribution in [0.1, 0.15) is 46.5 Å². The molecule has 2 atom stereocenters. The first kappa shape index (κ1) is 18.6. The molecule has 1 aliphatic rings. The minimum absolute atomic E-state index is 0.0268. The molecule has 1 saturated heterocycles. The molecule has 0 aromatic carbocycles. The van der Waals surface area contributed by atoms with E-state index >= 15 is 0 Å². The van der Waals surface area contributed by atoms with Crippen LogP contribution in [0.3, 0.4) is 0 Å². The SMILES string of the molecule is CCCC(NC(C)=O)C(NC(C)=O)C(=O)ON1C(=O)CCC1=O. The zero-order valence-electron chi connectivity index (χ0n) is 13.4. The molecule has 2 N–H and O–H groups in total. The molecule has 1 aliphatic heterocycles. The summed E-state index contributed by atoms with van der Waals surface area (Å²) in [6, 6.07) is -1.90. The number of nitrogens with zero attached hydrogens (tertiary/aromatic N) is 1. The van der Waals surface area contributed by atoms with Crippen molar-refractivity contribution in [2.75, 3.05) is 0 Å². The largest absolute Gasteiger partial charge is 0.357 e. The maximum absolute atomic E-state index is 12.3. The summed E-state index contributed by atoms with van der Waals surface area (Å²) in [4.78, 5) is 62.8. The highest BCUT2D eigenvalue weighted by Crippen LogP contribution is 2.14. The molecule has 9 nitrogen and oxygen atoms in total. The average Bonchev–Trinajstić information content (AvgIpc) is 2.75. The Morgan fingerprint density at radius 1 is 1.09 bits per heavy atom. The summed E-state index contributed by atoms with van der Waals surface area (Å²) in [7, 11) is 0. The van der Waals surface area contributed by atoms with Gasteiger partial charge in [0.15, 0.2) is 0 Å². The lowest BCUT2D eigenvalue weighted by molar-refractivity contribution is -0.199. The Balaban J connectivity index is 2.91. The van der Waals surface area contributed by atoms with E-state index in [1.54, 1.807) is 0 Å². The maximum Gasteiger partial charge on any atom is 0.357 e. The maximum atomic E-state index is 12.3. The normalized spacial score (nSPS) is 16.7. The summed E-state index contributed by atoms with van der Waals surface area (Å²) in [6.07, 6.45) is 0.986. The molecule has 0 bridgehead atoms. The van der Waals surface area contributed by atoms with Crippen molar-refractivity contribution in [3.8, 4) is 0 Å². The quantitative estimate of drug-likeness (QED) is 0.602. The lowest BCUT2D eigenvalue weighted by atomic mass is 10.0. The zero-order chi connectivity index (χ0) is 17.6. The molecular formula is C14H21N3O6. The molecule has 0 spiro atoms. The third kappa shape index (κ3) is 5.35. The van der Waals surface area contributed by atoms with E-state index in [1.807, 2.05) is 6.92 Å². The number of carbonyl (C=O) groups is 5. The van der Waals surface area contributed by atoms with Crippen molar-refractivity contribution in [3.63, 3.8) is 0 Å². The summed E-state index contributed by atoms with van der Waals surface area (Å²) in [5.74, 6) is -3.08. The van der Waals surface area contributed by atoms with E-state index in [4.69, 9.17) is 4.84 Å². The number of hydrogen-bond donors (Lipinski definition) is 2. The van der Waals surface area contributed by atoms with E-state index in [0.29, 0.717) is 17.9 Å². The van der Waals surface area contributed by atoms with Crippen molar-refractivity contribution < 1.29 is 28.8 Å². The fourth-order valence-electron chi connectivity index (χ4n) is 2.24. The van der Waals surface area contributed by atoms with Crippen LogP contribution in [0.25, 0.3) is 0 Å². The highest BCUT2D eigenvalue weighted by atomic mass is 16.7. The summed E-state index contributed by atoms with van der Waals surface area (Å²) in [5.41, 5.74) is 0. The first-order chi connectivity index (χ1) is 10.8. The van der Waals surface area contributed by atoms with Crippen molar-refractivity contribution in [1.82, 2.24) is 15.7 Å². The Morgan fingerprint density at radius 3 is 2.04 bits per heavy atom. The summed E-state index contributed by atoms with van der Waals surface area (Å²) < 4.78 is 0. The van der Waals surface area contributed by atoms with Crippen LogP contribution in [-0.4, -0.2) is 46.7 Å². The first-order valence-electron chi connectivity index (χ1n) is 7.38. The fraction of sp³-hybridized carbons (Fsp3) is 0.643. The number of rotatable bonds is 7. The van der Waals surface area contributed by atoms with Crippen molar-refractivity contribution in [2.24, 2.45) is 0 Å². The average molecular weight is 327 g/mol. The van der Waals surface area contributed by atoms with E-state index in [1.165, 1.54) is 13.8 Å². The lowest BCUT2D eigenvalue weighted by Crippen LogP contribution is -2.56. The minimum atomic E-state index is -1.20. The predicted octanol–water partition coefficient (Wildman–Crippen LogP) is -0.597. The second kappa shape index (κ2) is 8.25. The minimum Gasteiger partial charge on any atom is -0.351 e. The van der Waals surface area contributed by atoms with E-state index in [9.17, 15) is 24.0 Å². The number of amides is 4. The van der Waals surface area contributed by atoms with Gasteiger partial charge in [-0.1, -0.05) is 13.3 Å². The van der Waals surface area contributed by atoms with Crippen molar-refractivity contribution in [1.29, 1.82) is 0 Å². The van der Waals surface area contributed by atoms with Gasteiger partial charge in [-0.15, -0.1) is 5.06 Å². The number of hydrogen-bond acceptors (Lipinski definition) is 6. The Kier molecular flexibility index (Phi) is 6.67. The Bertz CT molecular complexity index is 503.